The van der Waals surface area contributed by atoms with Crippen LogP contribution < -0.4 is 10.7 Å². The molecule has 0 bridgehead atoms. The lowest BCUT2D eigenvalue weighted by molar-refractivity contribution is -0.122. The molecule has 2 aliphatic rings. The highest BCUT2D eigenvalue weighted by Crippen LogP contribution is 2.42. The van der Waals surface area contributed by atoms with E-state index >= 15 is 0 Å². The third-order valence-electron chi connectivity index (χ3n) is 4.12. The fraction of sp³-hybridized carbons (Fsp3) is 0.400. The number of halogens is 1. The molecule has 0 aliphatic carbocycles. The third kappa shape index (κ3) is 2.12. The SMILES string of the molecule is CC1CC(=O)NN=C1c1cc(Cl)c2c(c1)C(C)(C)C(=O)N2. The second-order valence-corrected chi connectivity index (χ2v) is 6.50. The molecule has 0 saturated carbocycles. The maximum atomic E-state index is 12.0. The van der Waals surface area contributed by atoms with Crippen LogP contribution in [-0.2, 0) is 15.0 Å². The van der Waals surface area contributed by atoms with Crippen molar-refractivity contribution in [2.75, 3.05) is 5.32 Å². The van der Waals surface area contributed by atoms with Gasteiger partial charge in [-0.3, -0.25) is 9.59 Å². The van der Waals surface area contributed by atoms with E-state index in [4.69, 9.17) is 11.6 Å². The summed E-state index contributed by atoms with van der Waals surface area (Å²) in [6.07, 6.45) is 0.397. The van der Waals surface area contributed by atoms with Crippen molar-refractivity contribution in [1.82, 2.24) is 5.43 Å². The quantitative estimate of drug-likeness (QED) is 0.836. The van der Waals surface area contributed by atoms with Crippen LogP contribution in [0.5, 0.6) is 0 Å². The molecule has 5 nitrogen and oxygen atoms in total. The van der Waals surface area contributed by atoms with Crippen LogP contribution in [0.15, 0.2) is 17.2 Å². The highest BCUT2D eigenvalue weighted by Gasteiger charge is 2.40. The standard InChI is InChI=1S/C15H16ClN3O2/c1-7-4-11(20)18-19-12(7)8-5-9-13(10(16)6-8)17-14(21)15(9,2)3/h5-7H,4H2,1-3H3,(H,17,21)(H,18,20). The summed E-state index contributed by atoms with van der Waals surface area (Å²) in [5.41, 5.74) is 5.04. The smallest absolute Gasteiger partial charge is 0.240 e. The number of fused-ring (bicyclic) bond motifs is 1. The van der Waals surface area contributed by atoms with Gasteiger partial charge in [0, 0.05) is 12.3 Å². The molecule has 21 heavy (non-hydrogen) atoms. The predicted molar refractivity (Wildman–Crippen MR) is 81.6 cm³/mol. The minimum atomic E-state index is -0.628. The van der Waals surface area contributed by atoms with Gasteiger partial charge in [0.25, 0.3) is 0 Å². The Labute approximate surface area is 127 Å². The second kappa shape index (κ2) is 4.56. The van der Waals surface area contributed by atoms with Gasteiger partial charge >= 0.3 is 0 Å². The van der Waals surface area contributed by atoms with Crippen molar-refractivity contribution in [3.05, 3.63) is 28.3 Å². The largest absolute Gasteiger partial charge is 0.324 e. The zero-order valence-corrected chi connectivity index (χ0v) is 12.8. The first-order valence-corrected chi connectivity index (χ1v) is 7.20. The lowest BCUT2D eigenvalue weighted by atomic mass is 9.83. The van der Waals surface area contributed by atoms with Crippen molar-refractivity contribution in [2.45, 2.75) is 32.6 Å². The molecule has 1 aromatic rings. The molecular formula is C15H16ClN3O2. The van der Waals surface area contributed by atoms with E-state index in [1.54, 1.807) is 6.07 Å². The summed E-state index contributed by atoms with van der Waals surface area (Å²) in [6.45, 7) is 5.68. The van der Waals surface area contributed by atoms with E-state index in [1.165, 1.54) is 0 Å². The molecule has 6 heteroatoms. The lowest BCUT2D eigenvalue weighted by Crippen LogP contribution is -2.32. The van der Waals surface area contributed by atoms with E-state index in [0.29, 0.717) is 17.1 Å². The maximum absolute atomic E-state index is 12.0. The van der Waals surface area contributed by atoms with E-state index in [-0.39, 0.29) is 17.7 Å². The molecule has 0 spiro atoms. The van der Waals surface area contributed by atoms with Gasteiger partial charge in [-0.15, -0.1) is 0 Å². The van der Waals surface area contributed by atoms with Crippen LogP contribution >= 0.6 is 11.6 Å². The minimum Gasteiger partial charge on any atom is -0.324 e. The zero-order valence-electron chi connectivity index (χ0n) is 12.1. The number of hydrogen-bond donors (Lipinski definition) is 2. The molecule has 2 heterocycles. The molecule has 110 valence electrons. The molecule has 0 fully saturated rings. The van der Waals surface area contributed by atoms with Gasteiger partial charge in [-0.1, -0.05) is 18.5 Å². The van der Waals surface area contributed by atoms with Crippen LogP contribution in [0.1, 0.15) is 38.3 Å². The van der Waals surface area contributed by atoms with E-state index < -0.39 is 5.41 Å². The second-order valence-electron chi connectivity index (χ2n) is 6.10. The Morgan fingerprint density at radius 2 is 2.05 bits per heavy atom. The predicted octanol–water partition coefficient (Wildman–Crippen LogP) is 2.43. The Bertz CT molecular complexity index is 694. The summed E-state index contributed by atoms with van der Waals surface area (Å²) in [6, 6.07) is 3.72. The minimum absolute atomic E-state index is 0.0149. The number of hydrazone groups is 1. The monoisotopic (exact) mass is 305 g/mol. The Kier molecular flexibility index (Phi) is 3.06. The maximum Gasteiger partial charge on any atom is 0.240 e. The fourth-order valence-electron chi connectivity index (χ4n) is 2.77. The van der Waals surface area contributed by atoms with Crippen molar-refractivity contribution in [3.63, 3.8) is 0 Å². The topological polar surface area (TPSA) is 70.6 Å². The van der Waals surface area contributed by atoms with Gasteiger partial charge in [0.1, 0.15) is 0 Å². The van der Waals surface area contributed by atoms with Crippen LogP contribution in [0.25, 0.3) is 0 Å². The zero-order chi connectivity index (χ0) is 15.4. The summed E-state index contributed by atoms with van der Waals surface area (Å²) in [4.78, 5) is 23.4. The first-order valence-electron chi connectivity index (χ1n) is 6.83. The molecule has 1 aromatic carbocycles. The number of carbonyl (C=O) groups is 2. The van der Waals surface area contributed by atoms with Crippen molar-refractivity contribution < 1.29 is 9.59 Å². The molecule has 1 atom stereocenters. The van der Waals surface area contributed by atoms with Crippen molar-refractivity contribution in [1.29, 1.82) is 0 Å². The van der Waals surface area contributed by atoms with Crippen molar-refractivity contribution in [2.24, 2.45) is 11.0 Å². The van der Waals surface area contributed by atoms with Crippen LogP contribution in [0.3, 0.4) is 0 Å². The van der Waals surface area contributed by atoms with Gasteiger partial charge in [0.2, 0.25) is 11.8 Å². The first-order chi connectivity index (χ1) is 9.80. The molecular weight excluding hydrogens is 290 g/mol. The number of amides is 2. The number of carbonyl (C=O) groups excluding carboxylic acids is 2. The van der Waals surface area contributed by atoms with Gasteiger partial charge in [-0.2, -0.15) is 5.10 Å². The Hall–Kier alpha value is -1.88. The number of nitrogens with one attached hydrogen (secondary N) is 2. The van der Waals surface area contributed by atoms with Crippen LogP contribution in [-0.4, -0.2) is 17.5 Å². The number of rotatable bonds is 1. The van der Waals surface area contributed by atoms with Crippen molar-refractivity contribution >= 4 is 34.8 Å². The summed E-state index contributed by atoms with van der Waals surface area (Å²) < 4.78 is 0. The summed E-state index contributed by atoms with van der Waals surface area (Å²) in [5, 5.41) is 7.47. The molecule has 3 rings (SSSR count). The Balaban J connectivity index is 2.12. The molecule has 2 N–H and O–H groups in total. The Morgan fingerprint density at radius 1 is 1.33 bits per heavy atom. The van der Waals surface area contributed by atoms with Crippen LogP contribution in [0.4, 0.5) is 5.69 Å². The first kappa shape index (κ1) is 14.1. The highest BCUT2D eigenvalue weighted by atomic mass is 35.5. The molecule has 2 aliphatic heterocycles. The molecule has 0 saturated heterocycles. The highest BCUT2D eigenvalue weighted by molar-refractivity contribution is 6.35. The summed E-state index contributed by atoms with van der Waals surface area (Å²) >= 11 is 6.31. The van der Waals surface area contributed by atoms with Crippen LogP contribution in [0.2, 0.25) is 5.02 Å². The van der Waals surface area contributed by atoms with Gasteiger partial charge in [-0.05, 0) is 37.1 Å². The van der Waals surface area contributed by atoms with Crippen LogP contribution in [0, 0.1) is 5.92 Å². The Morgan fingerprint density at radius 3 is 2.71 bits per heavy atom. The van der Waals surface area contributed by atoms with E-state index in [1.807, 2.05) is 26.8 Å². The average Bonchev–Trinajstić information content (AvgIpc) is 2.62. The summed E-state index contributed by atoms with van der Waals surface area (Å²) in [5.74, 6) is -0.139. The van der Waals surface area contributed by atoms with Gasteiger partial charge < -0.3 is 5.32 Å². The summed E-state index contributed by atoms with van der Waals surface area (Å²) in [7, 11) is 0. The van der Waals surface area contributed by atoms with Gasteiger partial charge in [0.05, 0.1) is 21.8 Å². The number of hydrogen-bond acceptors (Lipinski definition) is 3. The number of nitrogens with zero attached hydrogens (tertiary/aromatic N) is 1. The van der Waals surface area contributed by atoms with Gasteiger partial charge in [-0.25, -0.2) is 5.43 Å². The molecule has 1 unspecified atom stereocenters. The number of benzene rings is 1. The van der Waals surface area contributed by atoms with E-state index in [9.17, 15) is 9.59 Å². The molecule has 0 aromatic heterocycles. The van der Waals surface area contributed by atoms with Gasteiger partial charge in [0.15, 0.2) is 0 Å². The molecule has 2 amide bonds. The van der Waals surface area contributed by atoms with E-state index in [2.05, 4.69) is 15.8 Å². The number of anilines is 1. The normalized spacial score (nSPS) is 23.2. The third-order valence-corrected chi connectivity index (χ3v) is 4.42. The van der Waals surface area contributed by atoms with Crippen molar-refractivity contribution in [3.8, 4) is 0 Å². The lowest BCUT2D eigenvalue weighted by Gasteiger charge is -2.21. The van der Waals surface area contributed by atoms with E-state index in [0.717, 1.165) is 16.8 Å². The fourth-order valence-corrected chi connectivity index (χ4v) is 3.04. The average molecular weight is 306 g/mol. The molecule has 0 radical (unpaired) electrons.